The maximum Gasteiger partial charge on any atom is 0.271 e. The molecule has 4 rings (SSSR count). The van der Waals surface area contributed by atoms with Crippen LogP contribution < -0.4 is 5.32 Å². The first-order valence-electron chi connectivity index (χ1n) is 9.41. The van der Waals surface area contributed by atoms with Gasteiger partial charge in [0.25, 0.3) is 5.91 Å². The Morgan fingerprint density at radius 2 is 2.00 bits per heavy atom. The molecule has 1 amide bonds. The SMILES string of the molecule is O=C(NCC1CCCCC1)c1cc2n(n1)C[C@@H](c1ccc(Cl)cc1)OC2. The number of amides is 1. The molecule has 2 heterocycles. The summed E-state index contributed by atoms with van der Waals surface area (Å²) in [6.45, 7) is 1.81. The third kappa shape index (κ3) is 3.94. The van der Waals surface area contributed by atoms with E-state index in [-0.39, 0.29) is 12.0 Å². The van der Waals surface area contributed by atoms with Crippen LogP contribution in [0.1, 0.15) is 60.0 Å². The molecule has 1 N–H and O–H groups in total. The number of hydrogen-bond donors (Lipinski definition) is 1. The molecular weight excluding hydrogens is 350 g/mol. The van der Waals surface area contributed by atoms with Gasteiger partial charge < -0.3 is 10.1 Å². The summed E-state index contributed by atoms with van der Waals surface area (Å²) in [5.41, 5.74) is 2.49. The van der Waals surface area contributed by atoms with Crippen LogP contribution in [0.25, 0.3) is 0 Å². The number of benzene rings is 1. The van der Waals surface area contributed by atoms with Crippen LogP contribution in [0.3, 0.4) is 0 Å². The number of ether oxygens (including phenoxy) is 1. The normalized spacial score (nSPS) is 20.6. The molecular formula is C20H24ClN3O2. The molecule has 1 aromatic carbocycles. The summed E-state index contributed by atoms with van der Waals surface area (Å²) >= 11 is 5.95. The van der Waals surface area contributed by atoms with E-state index in [2.05, 4.69) is 10.4 Å². The van der Waals surface area contributed by atoms with Gasteiger partial charge in [0, 0.05) is 11.6 Å². The van der Waals surface area contributed by atoms with Crippen LogP contribution in [0.2, 0.25) is 5.02 Å². The van der Waals surface area contributed by atoms with Crippen molar-refractivity contribution >= 4 is 17.5 Å². The minimum atomic E-state index is -0.0829. The molecule has 1 aliphatic heterocycles. The second-order valence-corrected chi connectivity index (χ2v) is 7.70. The monoisotopic (exact) mass is 373 g/mol. The summed E-state index contributed by atoms with van der Waals surface area (Å²) < 4.78 is 7.83. The lowest BCUT2D eigenvalue weighted by molar-refractivity contribution is -0.00119. The first kappa shape index (κ1) is 17.6. The predicted molar refractivity (Wildman–Crippen MR) is 100 cm³/mol. The Balaban J connectivity index is 1.38. The lowest BCUT2D eigenvalue weighted by Gasteiger charge is -2.24. The largest absolute Gasteiger partial charge is 0.365 e. The standard InChI is InChI=1S/C20H24ClN3O2/c21-16-8-6-15(7-9-16)19-12-24-17(13-26-19)10-18(23-24)20(25)22-11-14-4-2-1-3-5-14/h6-10,14,19H,1-5,11-13H2,(H,22,25)/t19-/m0/s1. The molecule has 0 unspecified atom stereocenters. The topological polar surface area (TPSA) is 56.2 Å². The van der Waals surface area contributed by atoms with Crippen molar-refractivity contribution < 1.29 is 9.53 Å². The van der Waals surface area contributed by atoms with Crippen molar-refractivity contribution in [3.63, 3.8) is 0 Å². The summed E-state index contributed by atoms with van der Waals surface area (Å²) in [6.07, 6.45) is 6.25. The number of hydrogen-bond acceptors (Lipinski definition) is 3. The molecule has 1 aliphatic carbocycles. The van der Waals surface area contributed by atoms with Crippen LogP contribution in [0.4, 0.5) is 0 Å². The van der Waals surface area contributed by atoms with Gasteiger partial charge in [-0.1, -0.05) is 43.0 Å². The van der Waals surface area contributed by atoms with E-state index >= 15 is 0 Å². The molecule has 2 aliphatic rings. The smallest absolute Gasteiger partial charge is 0.271 e. The van der Waals surface area contributed by atoms with Gasteiger partial charge in [-0.05, 0) is 42.5 Å². The van der Waals surface area contributed by atoms with E-state index in [1.807, 2.05) is 35.0 Å². The van der Waals surface area contributed by atoms with E-state index in [4.69, 9.17) is 16.3 Å². The molecule has 6 heteroatoms. The molecule has 2 aromatic rings. The fourth-order valence-corrected chi connectivity index (χ4v) is 3.96. The highest BCUT2D eigenvalue weighted by molar-refractivity contribution is 6.30. The summed E-state index contributed by atoms with van der Waals surface area (Å²) in [5.74, 6) is 0.531. The van der Waals surface area contributed by atoms with Gasteiger partial charge in [-0.25, -0.2) is 0 Å². The van der Waals surface area contributed by atoms with Gasteiger partial charge in [-0.3, -0.25) is 9.48 Å². The number of carbonyl (C=O) groups is 1. The van der Waals surface area contributed by atoms with Crippen molar-refractivity contribution in [3.05, 3.63) is 52.3 Å². The number of nitrogens with one attached hydrogen (secondary N) is 1. The first-order valence-corrected chi connectivity index (χ1v) is 9.79. The molecule has 5 nitrogen and oxygen atoms in total. The summed E-state index contributed by atoms with van der Waals surface area (Å²) in [7, 11) is 0. The first-order chi connectivity index (χ1) is 12.7. The minimum absolute atomic E-state index is 0.0715. The fourth-order valence-electron chi connectivity index (χ4n) is 3.83. The quantitative estimate of drug-likeness (QED) is 0.877. The van der Waals surface area contributed by atoms with Crippen LogP contribution in [0.15, 0.2) is 30.3 Å². The van der Waals surface area contributed by atoms with Crippen molar-refractivity contribution in [3.8, 4) is 0 Å². The molecule has 1 saturated carbocycles. The van der Waals surface area contributed by atoms with E-state index in [9.17, 15) is 4.79 Å². The van der Waals surface area contributed by atoms with E-state index in [1.54, 1.807) is 0 Å². The Labute approximate surface area is 158 Å². The molecule has 1 atom stereocenters. The molecule has 138 valence electrons. The minimum Gasteiger partial charge on any atom is -0.365 e. The summed E-state index contributed by atoms with van der Waals surface area (Å²) in [4.78, 5) is 12.5. The predicted octanol–water partition coefficient (Wildman–Crippen LogP) is 4.12. The van der Waals surface area contributed by atoms with Crippen molar-refractivity contribution in [2.75, 3.05) is 6.54 Å². The lowest BCUT2D eigenvalue weighted by atomic mass is 9.89. The number of carbonyl (C=O) groups excluding carboxylic acids is 1. The van der Waals surface area contributed by atoms with Gasteiger partial charge in [0.2, 0.25) is 0 Å². The lowest BCUT2D eigenvalue weighted by Crippen LogP contribution is -2.30. The fraction of sp³-hybridized carbons (Fsp3) is 0.500. The zero-order chi connectivity index (χ0) is 17.9. The van der Waals surface area contributed by atoms with Crippen LogP contribution in [0, 0.1) is 5.92 Å². The number of halogens is 1. The highest BCUT2D eigenvalue weighted by Crippen LogP contribution is 2.27. The third-order valence-electron chi connectivity index (χ3n) is 5.38. The summed E-state index contributed by atoms with van der Waals surface area (Å²) in [6, 6.07) is 9.51. The Kier molecular flexibility index (Phi) is 5.27. The van der Waals surface area contributed by atoms with Gasteiger partial charge in [0.05, 0.1) is 18.8 Å². The van der Waals surface area contributed by atoms with E-state index in [0.717, 1.165) is 17.8 Å². The highest BCUT2D eigenvalue weighted by Gasteiger charge is 2.24. The van der Waals surface area contributed by atoms with Crippen LogP contribution in [-0.2, 0) is 17.9 Å². The van der Waals surface area contributed by atoms with Crippen LogP contribution in [-0.4, -0.2) is 22.2 Å². The van der Waals surface area contributed by atoms with Crippen molar-refractivity contribution in [1.29, 1.82) is 0 Å². The number of fused-ring (bicyclic) bond motifs is 1. The highest BCUT2D eigenvalue weighted by atomic mass is 35.5. The molecule has 0 spiro atoms. The van der Waals surface area contributed by atoms with Crippen LogP contribution >= 0.6 is 11.6 Å². The molecule has 1 aromatic heterocycles. The molecule has 0 bridgehead atoms. The van der Waals surface area contributed by atoms with Crippen LogP contribution in [0.5, 0.6) is 0 Å². The average Bonchev–Trinajstić information content (AvgIpc) is 3.11. The molecule has 1 fully saturated rings. The van der Waals surface area contributed by atoms with Gasteiger partial charge in [-0.2, -0.15) is 5.10 Å². The van der Waals surface area contributed by atoms with Gasteiger partial charge in [0.1, 0.15) is 6.10 Å². The second-order valence-electron chi connectivity index (χ2n) is 7.27. The Bertz CT molecular complexity index is 766. The number of rotatable bonds is 4. The zero-order valence-corrected chi connectivity index (χ0v) is 15.5. The summed E-state index contributed by atoms with van der Waals surface area (Å²) in [5, 5.41) is 8.27. The van der Waals surface area contributed by atoms with Gasteiger partial charge in [-0.15, -0.1) is 0 Å². The number of aromatic nitrogens is 2. The number of nitrogens with zero attached hydrogens (tertiary/aromatic N) is 2. The second kappa shape index (κ2) is 7.80. The molecule has 0 saturated heterocycles. The van der Waals surface area contributed by atoms with E-state index in [1.165, 1.54) is 32.1 Å². The Morgan fingerprint density at radius 1 is 1.23 bits per heavy atom. The third-order valence-corrected chi connectivity index (χ3v) is 5.64. The maximum atomic E-state index is 12.5. The Morgan fingerprint density at radius 3 is 2.77 bits per heavy atom. The molecule has 26 heavy (non-hydrogen) atoms. The van der Waals surface area contributed by atoms with Crippen molar-refractivity contribution in [1.82, 2.24) is 15.1 Å². The van der Waals surface area contributed by atoms with Crippen molar-refractivity contribution in [2.45, 2.75) is 51.4 Å². The van der Waals surface area contributed by atoms with Gasteiger partial charge >= 0.3 is 0 Å². The Hall–Kier alpha value is -1.85. The zero-order valence-electron chi connectivity index (χ0n) is 14.8. The van der Waals surface area contributed by atoms with Gasteiger partial charge in [0.15, 0.2) is 5.69 Å². The van der Waals surface area contributed by atoms with E-state index in [0.29, 0.717) is 29.8 Å². The average molecular weight is 374 g/mol. The van der Waals surface area contributed by atoms with Crippen molar-refractivity contribution in [2.24, 2.45) is 5.92 Å². The molecule has 0 radical (unpaired) electrons. The van der Waals surface area contributed by atoms with E-state index < -0.39 is 0 Å². The maximum absolute atomic E-state index is 12.5.